The maximum absolute atomic E-state index is 5.51. The highest BCUT2D eigenvalue weighted by atomic mass is 16.5. The van der Waals surface area contributed by atoms with E-state index in [1.165, 1.54) is 5.56 Å². The lowest BCUT2D eigenvalue weighted by Crippen LogP contribution is -2.44. The summed E-state index contributed by atoms with van der Waals surface area (Å²) in [5, 5.41) is 3.35. The Balaban J connectivity index is 2.34. The summed E-state index contributed by atoms with van der Waals surface area (Å²) < 4.78 is 5.51. The van der Waals surface area contributed by atoms with Crippen LogP contribution in [0.3, 0.4) is 0 Å². The van der Waals surface area contributed by atoms with E-state index in [1.807, 2.05) is 0 Å². The molecule has 0 spiro atoms. The fourth-order valence-electron chi connectivity index (χ4n) is 2.49. The number of anilines is 2. The van der Waals surface area contributed by atoms with E-state index in [1.54, 1.807) is 6.33 Å². The van der Waals surface area contributed by atoms with E-state index in [4.69, 9.17) is 4.74 Å². The standard InChI is InChI=1S/C14H24N4O/c1-4-6-12-13(15-5-2)16-10-17-14(12)18-7-8-19-9-11(18)3/h10-11H,4-9H2,1-3H3,(H,15,16,17). The minimum absolute atomic E-state index is 0.369. The molecule has 0 aromatic carbocycles. The molecule has 1 aromatic rings. The molecule has 2 rings (SSSR count). The smallest absolute Gasteiger partial charge is 0.137 e. The molecule has 1 aliphatic heterocycles. The molecule has 1 saturated heterocycles. The molecule has 2 heterocycles. The van der Waals surface area contributed by atoms with Gasteiger partial charge in [-0.05, 0) is 20.3 Å². The molecule has 0 bridgehead atoms. The quantitative estimate of drug-likeness (QED) is 0.882. The van der Waals surface area contributed by atoms with Gasteiger partial charge in [0.15, 0.2) is 0 Å². The van der Waals surface area contributed by atoms with Crippen LogP contribution in [0.2, 0.25) is 0 Å². The fraction of sp³-hybridized carbons (Fsp3) is 0.714. The number of hydrogen-bond acceptors (Lipinski definition) is 5. The lowest BCUT2D eigenvalue weighted by molar-refractivity contribution is 0.0984. The Morgan fingerprint density at radius 1 is 1.42 bits per heavy atom. The van der Waals surface area contributed by atoms with Gasteiger partial charge in [0.05, 0.1) is 19.3 Å². The van der Waals surface area contributed by atoms with Gasteiger partial charge in [-0.15, -0.1) is 0 Å². The van der Waals surface area contributed by atoms with Gasteiger partial charge in [0, 0.05) is 18.7 Å². The highest BCUT2D eigenvalue weighted by Gasteiger charge is 2.23. The monoisotopic (exact) mass is 264 g/mol. The third-order valence-electron chi connectivity index (χ3n) is 3.41. The summed E-state index contributed by atoms with van der Waals surface area (Å²) in [6, 6.07) is 0.369. The van der Waals surface area contributed by atoms with E-state index in [9.17, 15) is 0 Å². The second-order valence-corrected chi connectivity index (χ2v) is 4.92. The maximum atomic E-state index is 5.51. The largest absolute Gasteiger partial charge is 0.377 e. The second kappa shape index (κ2) is 6.70. The third kappa shape index (κ3) is 3.15. The van der Waals surface area contributed by atoms with E-state index >= 15 is 0 Å². The number of morpholine rings is 1. The number of nitrogens with zero attached hydrogens (tertiary/aromatic N) is 3. The number of aromatic nitrogens is 2. The van der Waals surface area contributed by atoms with Crippen molar-refractivity contribution in [3.05, 3.63) is 11.9 Å². The van der Waals surface area contributed by atoms with Crippen LogP contribution in [-0.2, 0) is 11.2 Å². The molecule has 0 amide bonds. The van der Waals surface area contributed by atoms with Crippen LogP contribution in [0.25, 0.3) is 0 Å². The van der Waals surface area contributed by atoms with Crippen LogP contribution in [0.5, 0.6) is 0 Å². The van der Waals surface area contributed by atoms with Gasteiger partial charge in [0.2, 0.25) is 0 Å². The van der Waals surface area contributed by atoms with Crippen molar-refractivity contribution in [1.29, 1.82) is 0 Å². The van der Waals surface area contributed by atoms with Crippen molar-refractivity contribution in [2.75, 3.05) is 36.5 Å². The Kier molecular flexibility index (Phi) is 4.96. The molecule has 106 valence electrons. The van der Waals surface area contributed by atoms with E-state index in [-0.39, 0.29) is 0 Å². The van der Waals surface area contributed by atoms with Crippen molar-refractivity contribution in [2.45, 2.75) is 39.7 Å². The molecule has 1 atom stereocenters. The van der Waals surface area contributed by atoms with Gasteiger partial charge in [-0.25, -0.2) is 9.97 Å². The first-order valence-electron chi connectivity index (χ1n) is 7.20. The average molecular weight is 264 g/mol. The molecule has 1 fully saturated rings. The summed E-state index contributed by atoms with van der Waals surface area (Å²) in [6.45, 7) is 9.79. The summed E-state index contributed by atoms with van der Waals surface area (Å²) in [6.07, 6.45) is 3.76. The van der Waals surface area contributed by atoms with E-state index in [0.717, 1.165) is 50.8 Å². The van der Waals surface area contributed by atoms with Gasteiger partial charge in [-0.3, -0.25) is 0 Å². The minimum atomic E-state index is 0.369. The van der Waals surface area contributed by atoms with Crippen LogP contribution in [-0.4, -0.2) is 42.3 Å². The molecule has 19 heavy (non-hydrogen) atoms. The molecule has 0 saturated carbocycles. The SMILES string of the molecule is CCCc1c(NCC)ncnc1N1CCOCC1C. The van der Waals surface area contributed by atoms with Crippen molar-refractivity contribution in [3.8, 4) is 0 Å². The maximum Gasteiger partial charge on any atom is 0.137 e. The Labute approximate surface area is 115 Å². The van der Waals surface area contributed by atoms with Crippen LogP contribution < -0.4 is 10.2 Å². The lowest BCUT2D eigenvalue weighted by Gasteiger charge is -2.35. The van der Waals surface area contributed by atoms with Gasteiger partial charge in [0.1, 0.15) is 18.0 Å². The van der Waals surface area contributed by atoms with Crippen LogP contribution >= 0.6 is 0 Å². The van der Waals surface area contributed by atoms with Crippen molar-refractivity contribution in [1.82, 2.24) is 9.97 Å². The molecule has 1 unspecified atom stereocenters. The van der Waals surface area contributed by atoms with Gasteiger partial charge >= 0.3 is 0 Å². The molecule has 0 aliphatic carbocycles. The third-order valence-corrected chi connectivity index (χ3v) is 3.41. The Bertz CT molecular complexity index is 410. The molecule has 1 N–H and O–H groups in total. The molecule has 1 aromatic heterocycles. The van der Waals surface area contributed by atoms with Crippen molar-refractivity contribution >= 4 is 11.6 Å². The van der Waals surface area contributed by atoms with Gasteiger partial charge in [-0.1, -0.05) is 13.3 Å². The summed E-state index contributed by atoms with van der Waals surface area (Å²) >= 11 is 0. The predicted octanol–water partition coefficient (Wildman–Crippen LogP) is 2.09. The normalized spacial score (nSPS) is 19.5. The molecule has 0 radical (unpaired) electrons. The van der Waals surface area contributed by atoms with Gasteiger partial charge in [-0.2, -0.15) is 0 Å². The molecular formula is C14H24N4O. The van der Waals surface area contributed by atoms with Crippen LogP contribution in [0, 0.1) is 0 Å². The first kappa shape index (κ1) is 14.1. The zero-order valence-corrected chi connectivity index (χ0v) is 12.1. The number of ether oxygens (including phenoxy) is 1. The topological polar surface area (TPSA) is 50.3 Å². The minimum Gasteiger partial charge on any atom is -0.377 e. The van der Waals surface area contributed by atoms with Crippen LogP contribution in [0.4, 0.5) is 11.6 Å². The number of rotatable bonds is 5. The Hall–Kier alpha value is -1.36. The number of hydrogen-bond donors (Lipinski definition) is 1. The first-order valence-corrected chi connectivity index (χ1v) is 7.20. The number of nitrogens with one attached hydrogen (secondary N) is 1. The average Bonchev–Trinajstić information content (AvgIpc) is 2.42. The van der Waals surface area contributed by atoms with Crippen LogP contribution in [0.1, 0.15) is 32.8 Å². The second-order valence-electron chi connectivity index (χ2n) is 4.92. The highest BCUT2D eigenvalue weighted by molar-refractivity contribution is 5.59. The van der Waals surface area contributed by atoms with Crippen molar-refractivity contribution < 1.29 is 4.74 Å². The molecule has 5 nitrogen and oxygen atoms in total. The van der Waals surface area contributed by atoms with E-state index in [2.05, 4.69) is 41.0 Å². The zero-order chi connectivity index (χ0) is 13.7. The summed E-state index contributed by atoms with van der Waals surface area (Å²) in [7, 11) is 0. The van der Waals surface area contributed by atoms with E-state index in [0.29, 0.717) is 6.04 Å². The van der Waals surface area contributed by atoms with Gasteiger partial charge in [0.25, 0.3) is 0 Å². The molecular weight excluding hydrogens is 240 g/mol. The molecule has 5 heteroatoms. The highest BCUT2D eigenvalue weighted by Crippen LogP contribution is 2.27. The lowest BCUT2D eigenvalue weighted by atomic mass is 10.1. The fourth-order valence-corrected chi connectivity index (χ4v) is 2.49. The van der Waals surface area contributed by atoms with E-state index < -0.39 is 0 Å². The summed E-state index contributed by atoms with van der Waals surface area (Å²) in [5.74, 6) is 2.05. The van der Waals surface area contributed by atoms with Crippen molar-refractivity contribution in [2.24, 2.45) is 0 Å². The van der Waals surface area contributed by atoms with Crippen LogP contribution in [0.15, 0.2) is 6.33 Å². The summed E-state index contributed by atoms with van der Waals surface area (Å²) in [5.41, 5.74) is 1.24. The Morgan fingerprint density at radius 2 is 2.26 bits per heavy atom. The first-order chi connectivity index (χ1) is 9.27. The Morgan fingerprint density at radius 3 is 2.95 bits per heavy atom. The van der Waals surface area contributed by atoms with Gasteiger partial charge < -0.3 is 15.0 Å². The zero-order valence-electron chi connectivity index (χ0n) is 12.1. The van der Waals surface area contributed by atoms with Crippen molar-refractivity contribution in [3.63, 3.8) is 0 Å². The summed E-state index contributed by atoms with van der Waals surface area (Å²) in [4.78, 5) is 11.3. The predicted molar refractivity (Wildman–Crippen MR) is 77.8 cm³/mol. The molecule has 1 aliphatic rings.